The Morgan fingerprint density at radius 1 is 1.14 bits per heavy atom. The van der Waals surface area contributed by atoms with E-state index in [0.29, 0.717) is 19.5 Å². The second-order valence-electron chi connectivity index (χ2n) is 8.55. The number of rotatable bonds is 6. The average molecular weight is 416 g/mol. The Hall–Kier alpha value is -2.38. The van der Waals surface area contributed by atoms with Crippen molar-refractivity contribution < 1.29 is 13.2 Å². The van der Waals surface area contributed by atoms with Crippen LogP contribution in [0.5, 0.6) is 0 Å². The first kappa shape index (κ1) is 21.3. The van der Waals surface area contributed by atoms with Gasteiger partial charge in [-0.2, -0.15) is 0 Å². The highest BCUT2D eigenvalue weighted by molar-refractivity contribution is 7.89. The largest absolute Gasteiger partial charge is 0.362 e. The average Bonchev–Trinajstić information content (AvgIpc) is 3.03. The Bertz CT molecular complexity index is 993. The number of anilines is 1. The third kappa shape index (κ3) is 5.36. The van der Waals surface area contributed by atoms with Gasteiger partial charge in [-0.25, -0.2) is 13.6 Å². The number of carbonyl (C=O) groups is 1. The van der Waals surface area contributed by atoms with Crippen molar-refractivity contribution in [2.45, 2.75) is 43.9 Å². The summed E-state index contributed by atoms with van der Waals surface area (Å²) in [7, 11) is -3.71. The molecule has 29 heavy (non-hydrogen) atoms. The Kier molecular flexibility index (Phi) is 6.00. The minimum atomic E-state index is -3.71. The Balaban J connectivity index is 1.51. The number of fused-ring (bicyclic) bond motifs is 1. The van der Waals surface area contributed by atoms with Crippen LogP contribution in [0.25, 0.3) is 0 Å². The number of carbonyl (C=O) groups excluding carboxylic acids is 1. The van der Waals surface area contributed by atoms with Gasteiger partial charge in [0, 0.05) is 18.8 Å². The molecular formula is C22H29N3O3S. The first-order valence-electron chi connectivity index (χ1n) is 9.81. The molecule has 2 aromatic carbocycles. The molecule has 3 rings (SSSR count). The third-order valence-electron chi connectivity index (χ3n) is 5.26. The smallest absolute Gasteiger partial charge is 0.239 e. The molecule has 0 spiro atoms. The SMILES string of the molecule is CC(C)(C)c1ccc(CCNC(=O)CN2CCc3cc(S(N)(=O)=O)ccc32)cc1. The van der Waals surface area contributed by atoms with Crippen LogP contribution < -0.4 is 15.4 Å². The fourth-order valence-electron chi connectivity index (χ4n) is 3.53. The second-order valence-corrected chi connectivity index (χ2v) is 10.1. The van der Waals surface area contributed by atoms with E-state index in [4.69, 9.17) is 5.14 Å². The van der Waals surface area contributed by atoms with E-state index in [1.54, 1.807) is 12.1 Å². The first-order chi connectivity index (χ1) is 13.5. The van der Waals surface area contributed by atoms with Crippen molar-refractivity contribution in [3.8, 4) is 0 Å². The number of benzene rings is 2. The van der Waals surface area contributed by atoms with E-state index in [1.165, 1.54) is 17.2 Å². The molecule has 0 fully saturated rings. The summed E-state index contributed by atoms with van der Waals surface area (Å²) < 4.78 is 23.0. The number of hydrogen-bond donors (Lipinski definition) is 2. The molecule has 0 unspecified atom stereocenters. The van der Waals surface area contributed by atoms with Gasteiger partial charge in [-0.1, -0.05) is 45.0 Å². The van der Waals surface area contributed by atoms with Crippen LogP contribution in [0.4, 0.5) is 5.69 Å². The van der Waals surface area contributed by atoms with Gasteiger partial charge in [0.2, 0.25) is 15.9 Å². The van der Waals surface area contributed by atoms with Gasteiger partial charge in [-0.05, 0) is 53.1 Å². The zero-order chi connectivity index (χ0) is 21.2. The van der Waals surface area contributed by atoms with Crippen LogP contribution in [0.1, 0.15) is 37.5 Å². The number of sulfonamides is 1. The summed E-state index contributed by atoms with van der Waals surface area (Å²) in [6.07, 6.45) is 1.48. The maximum atomic E-state index is 12.3. The molecule has 1 aliphatic rings. The maximum Gasteiger partial charge on any atom is 0.239 e. The zero-order valence-electron chi connectivity index (χ0n) is 17.2. The molecule has 1 heterocycles. The van der Waals surface area contributed by atoms with Gasteiger partial charge in [0.25, 0.3) is 0 Å². The number of primary sulfonamides is 1. The highest BCUT2D eigenvalue weighted by Crippen LogP contribution is 2.29. The van der Waals surface area contributed by atoms with E-state index in [1.807, 2.05) is 4.90 Å². The molecule has 1 amide bonds. The fraction of sp³-hybridized carbons (Fsp3) is 0.409. The number of hydrogen-bond acceptors (Lipinski definition) is 4. The summed E-state index contributed by atoms with van der Waals surface area (Å²) in [6.45, 7) is 8.09. The Labute approximate surface area is 173 Å². The van der Waals surface area contributed by atoms with Crippen LogP contribution in [0, 0.1) is 0 Å². The summed E-state index contributed by atoms with van der Waals surface area (Å²) in [6, 6.07) is 13.4. The lowest BCUT2D eigenvalue weighted by Gasteiger charge is -2.20. The van der Waals surface area contributed by atoms with E-state index in [-0.39, 0.29) is 22.8 Å². The highest BCUT2D eigenvalue weighted by Gasteiger charge is 2.23. The van der Waals surface area contributed by atoms with Crippen molar-refractivity contribution in [3.63, 3.8) is 0 Å². The molecular weight excluding hydrogens is 386 g/mol. The molecule has 0 radical (unpaired) electrons. The van der Waals surface area contributed by atoms with Crippen LogP contribution in [0.2, 0.25) is 0 Å². The first-order valence-corrected chi connectivity index (χ1v) is 11.4. The van der Waals surface area contributed by atoms with E-state index >= 15 is 0 Å². The standard InChI is InChI=1S/C22H29N3O3S/c1-22(2,3)18-6-4-16(5-7-18)10-12-24-21(26)15-25-13-11-17-14-19(29(23,27)28)8-9-20(17)25/h4-9,14H,10-13,15H2,1-3H3,(H,24,26)(H2,23,27,28). The molecule has 0 aliphatic carbocycles. The van der Waals surface area contributed by atoms with Gasteiger partial charge in [-0.3, -0.25) is 4.79 Å². The molecule has 7 heteroatoms. The zero-order valence-corrected chi connectivity index (χ0v) is 18.1. The van der Waals surface area contributed by atoms with Gasteiger partial charge < -0.3 is 10.2 Å². The Morgan fingerprint density at radius 3 is 2.45 bits per heavy atom. The summed E-state index contributed by atoms with van der Waals surface area (Å²) in [5, 5.41) is 8.17. The normalized spacial score (nSPS) is 14.0. The quantitative estimate of drug-likeness (QED) is 0.757. The summed E-state index contributed by atoms with van der Waals surface area (Å²) in [4.78, 5) is 14.4. The van der Waals surface area contributed by atoms with E-state index < -0.39 is 10.0 Å². The van der Waals surface area contributed by atoms with Crippen molar-refractivity contribution in [2.75, 3.05) is 24.5 Å². The summed E-state index contributed by atoms with van der Waals surface area (Å²) in [5.74, 6) is -0.0420. The van der Waals surface area contributed by atoms with Crippen LogP contribution in [-0.2, 0) is 33.1 Å². The molecule has 2 aromatic rings. The van der Waals surface area contributed by atoms with E-state index in [0.717, 1.165) is 17.7 Å². The monoisotopic (exact) mass is 415 g/mol. The third-order valence-corrected chi connectivity index (χ3v) is 6.17. The van der Waals surface area contributed by atoms with Crippen molar-refractivity contribution in [2.24, 2.45) is 5.14 Å². The minimum absolute atomic E-state index is 0.0420. The predicted molar refractivity (Wildman–Crippen MR) is 116 cm³/mol. The molecule has 0 aromatic heterocycles. The van der Waals surface area contributed by atoms with E-state index in [2.05, 4.69) is 50.4 Å². The van der Waals surface area contributed by atoms with Crippen molar-refractivity contribution in [3.05, 3.63) is 59.2 Å². The van der Waals surface area contributed by atoms with Crippen molar-refractivity contribution in [1.29, 1.82) is 0 Å². The molecule has 0 saturated heterocycles. The maximum absolute atomic E-state index is 12.3. The second kappa shape index (κ2) is 8.16. The number of amides is 1. The topological polar surface area (TPSA) is 92.5 Å². The van der Waals surface area contributed by atoms with Crippen LogP contribution in [0.3, 0.4) is 0 Å². The molecule has 156 valence electrons. The van der Waals surface area contributed by atoms with Crippen LogP contribution >= 0.6 is 0 Å². The van der Waals surface area contributed by atoms with Crippen molar-refractivity contribution >= 4 is 21.6 Å². The molecule has 3 N–H and O–H groups in total. The lowest BCUT2D eigenvalue weighted by molar-refractivity contribution is -0.119. The van der Waals surface area contributed by atoms with Gasteiger partial charge in [-0.15, -0.1) is 0 Å². The predicted octanol–water partition coefficient (Wildman–Crippen LogP) is 2.35. The molecule has 1 aliphatic heterocycles. The number of nitrogens with one attached hydrogen (secondary N) is 1. The Morgan fingerprint density at radius 2 is 1.83 bits per heavy atom. The van der Waals surface area contributed by atoms with E-state index in [9.17, 15) is 13.2 Å². The molecule has 0 saturated carbocycles. The number of nitrogens with two attached hydrogens (primary N) is 1. The lowest BCUT2D eigenvalue weighted by Crippen LogP contribution is -2.37. The van der Waals surface area contributed by atoms with Crippen molar-refractivity contribution in [1.82, 2.24) is 5.32 Å². The van der Waals surface area contributed by atoms with Gasteiger partial charge in [0.15, 0.2) is 0 Å². The minimum Gasteiger partial charge on any atom is -0.362 e. The lowest BCUT2D eigenvalue weighted by atomic mass is 9.86. The summed E-state index contributed by atoms with van der Waals surface area (Å²) >= 11 is 0. The summed E-state index contributed by atoms with van der Waals surface area (Å²) in [5.41, 5.74) is 4.42. The fourth-order valence-corrected chi connectivity index (χ4v) is 4.10. The van der Waals surface area contributed by atoms with Gasteiger partial charge >= 0.3 is 0 Å². The number of nitrogens with zero attached hydrogens (tertiary/aromatic N) is 1. The molecule has 0 atom stereocenters. The van der Waals surface area contributed by atoms with Gasteiger partial charge in [0.05, 0.1) is 11.4 Å². The highest BCUT2D eigenvalue weighted by atomic mass is 32.2. The molecule has 6 nitrogen and oxygen atoms in total. The molecule has 0 bridgehead atoms. The van der Waals surface area contributed by atoms with Gasteiger partial charge in [0.1, 0.15) is 0 Å². The van der Waals surface area contributed by atoms with Crippen LogP contribution in [0.15, 0.2) is 47.4 Å². The van der Waals surface area contributed by atoms with Crippen LogP contribution in [-0.4, -0.2) is 34.0 Å².